The molecule has 0 fully saturated rings. The maximum Gasteiger partial charge on any atom is 0.265 e. The second-order valence-electron chi connectivity index (χ2n) is 6.99. The zero-order valence-corrected chi connectivity index (χ0v) is 17.3. The minimum atomic E-state index is -0.281. The van der Waals surface area contributed by atoms with Crippen molar-refractivity contribution in [3.05, 3.63) is 65.7 Å². The summed E-state index contributed by atoms with van der Waals surface area (Å²) in [5.41, 5.74) is 2.35. The van der Waals surface area contributed by atoms with Crippen molar-refractivity contribution in [1.82, 2.24) is 19.7 Å². The summed E-state index contributed by atoms with van der Waals surface area (Å²) in [7, 11) is 1.72. The van der Waals surface area contributed by atoms with Crippen LogP contribution in [0.5, 0.6) is 5.75 Å². The fourth-order valence-corrected chi connectivity index (χ4v) is 3.45. The molecule has 0 saturated carbocycles. The van der Waals surface area contributed by atoms with Crippen LogP contribution >= 0.6 is 11.6 Å². The van der Waals surface area contributed by atoms with Crippen molar-refractivity contribution in [2.45, 2.75) is 13.0 Å². The molecule has 0 aliphatic carbocycles. The van der Waals surface area contributed by atoms with Crippen molar-refractivity contribution >= 4 is 29.1 Å². The number of halogens is 1. The Morgan fingerprint density at radius 1 is 1.27 bits per heavy atom. The Bertz CT molecular complexity index is 1070. The first-order valence-electron chi connectivity index (χ1n) is 9.37. The molecular formula is C21H20ClN5O3. The number of hydrogen-bond acceptors (Lipinski definition) is 5. The van der Waals surface area contributed by atoms with E-state index in [2.05, 4.69) is 10.1 Å². The number of carbonyl (C=O) groups is 2. The highest BCUT2D eigenvalue weighted by atomic mass is 35.5. The van der Waals surface area contributed by atoms with Gasteiger partial charge in [0.1, 0.15) is 24.9 Å². The van der Waals surface area contributed by atoms with Crippen LogP contribution in [0.15, 0.2) is 55.1 Å². The van der Waals surface area contributed by atoms with E-state index < -0.39 is 0 Å². The van der Waals surface area contributed by atoms with Gasteiger partial charge in [0.05, 0.1) is 17.4 Å². The van der Waals surface area contributed by atoms with Crippen molar-refractivity contribution in [1.29, 1.82) is 0 Å². The Morgan fingerprint density at radius 3 is 2.73 bits per heavy atom. The molecule has 2 amide bonds. The van der Waals surface area contributed by atoms with Crippen LogP contribution in [-0.2, 0) is 9.59 Å². The summed E-state index contributed by atoms with van der Waals surface area (Å²) in [6.07, 6.45) is 3.10. The van der Waals surface area contributed by atoms with Crippen LogP contribution < -0.4 is 9.64 Å². The SMILES string of the molecule is CC(c1ccc(-n2cncn2)cc1)N(C)C(=O)CN1C(=O)COc2ccc(Cl)cc21. The number of likely N-dealkylation sites (N-methyl/N-ethyl adjacent to an activating group) is 1. The van der Waals surface area contributed by atoms with Gasteiger partial charge < -0.3 is 9.64 Å². The van der Waals surface area contributed by atoms with Gasteiger partial charge in [0.2, 0.25) is 5.91 Å². The van der Waals surface area contributed by atoms with E-state index in [0.29, 0.717) is 16.5 Å². The molecule has 1 aliphatic heterocycles. The summed E-state index contributed by atoms with van der Waals surface area (Å²) in [5.74, 6) is 0.0617. The zero-order valence-electron chi connectivity index (χ0n) is 16.5. The Balaban J connectivity index is 1.48. The average Bonchev–Trinajstić information content (AvgIpc) is 3.30. The predicted octanol–water partition coefficient (Wildman–Crippen LogP) is 2.87. The molecule has 154 valence electrons. The molecule has 30 heavy (non-hydrogen) atoms. The van der Waals surface area contributed by atoms with E-state index in [1.807, 2.05) is 31.2 Å². The number of carbonyl (C=O) groups excluding carboxylic acids is 2. The number of hydrogen-bond donors (Lipinski definition) is 0. The summed E-state index contributed by atoms with van der Waals surface area (Å²) >= 11 is 6.07. The van der Waals surface area contributed by atoms with E-state index in [4.69, 9.17) is 16.3 Å². The minimum Gasteiger partial charge on any atom is -0.482 e. The minimum absolute atomic E-state index is 0.0899. The number of fused-ring (bicyclic) bond motifs is 1. The Labute approximate surface area is 178 Å². The van der Waals surface area contributed by atoms with E-state index in [1.165, 1.54) is 11.2 Å². The van der Waals surface area contributed by atoms with Crippen LogP contribution in [0.1, 0.15) is 18.5 Å². The van der Waals surface area contributed by atoms with Gasteiger partial charge in [0, 0.05) is 12.1 Å². The molecule has 0 radical (unpaired) electrons. The molecule has 2 aromatic carbocycles. The average molecular weight is 426 g/mol. The highest BCUT2D eigenvalue weighted by Gasteiger charge is 2.29. The molecule has 0 bridgehead atoms. The molecule has 3 aromatic rings. The Hall–Kier alpha value is -3.39. The normalized spacial score (nSPS) is 14.1. The Morgan fingerprint density at radius 2 is 2.03 bits per heavy atom. The summed E-state index contributed by atoms with van der Waals surface area (Å²) in [6, 6.07) is 12.6. The maximum absolute atomic E-state index is 13.0. The number of nitrogens with zero attached hydrogens (tertiary/aromatic N) is 5. The fraction of sp³-hybridized carbons (Fsp3) is 0.238. The summed E-state index contributed by atoms with van der Waals surface area (Å²) in [6.45, 7) is 1.74. The standard InChI is InChI=1S/C21H20ClN5O3/c1-14(15-3-6-17(7-4-15)27-13-23-12-24-27)25(2)20(28)10-26-18-9-16(22)5-8-19(18)30-11-21(26)29/h3-9,12-14H,10-11H2,1-2H3. The monoisotopic (exact) mass is 425 g/mol. The molecule has 0 saturated heterocycles. The first kappa shape index (κ1) is 19.9. The molecule has 1 unspecified atom stereocenters. The largest absolute Gasteiger partial charge is 0.482 e. The summed E-state index contributed by atoms with van der Waals surface area (Å²) in [4.78, 5) is 32.3. The van der Waals surface area contributed by atoms with E-state index in [-0.39, 0.29) is 31.0 Å². The van der Waals surface area contributed by atoms with Crippen LogP contribution in [0.2, 0.25) is 5.02 Å². The molecular weight excluding hydrogens is 406 g/mol. The number of rotatable bonds is 5. The van der Waals surface area contributed by atoms with Gasteiger partial charge in [-0.15, -0.1) is 0 Å². The van der Waals surface area contributed by atoms with E-state index in [1.54, 1.807) is 41.2 Å². The van der Waals surface area contributed by atoms with Crippen LogP contribution in [0.3, 0.4) is 0 Å². The maximum atomic E-state index is 13.0. The van der Waals surface area contributed by atoms with E-state index in [0.717, 1.165) is 11.3 Å². The van der Waals surface area contributed by atoms with Crippen molar-refractivity contribution in [3.63, 3.8) is 0 Å². The van der Waals surface area contributed by atoms with Crippen molar-refractivity contribution in [2.75, 3.05) is 25.1 Å². The van der Waals surface area contributed by atoms with Crippen molar-refractivity contribution in [3.8, 4) is 11.4 Å². The molecule has 1 atom stereocenters. The fourth-order valence-electron chi connectivity index (χ4n) is 3.28. The van der Waals surface area contributed by atoms with Gasteiger partial charge in [0.15, 0.2) is 6.61 Å². The van der Waals surface area contributed by atoms with Crippen molar-refractivity contribution in [2.24, 2.45) is 0 Å². The lowest BCUT2D eigenvalue weighted by Gasteiger charge is -2.32. The first-order chi connectivity index (χ1) is 14.4. The van der Waals surface area contributed by atoms with Gasteiger partial charge >= 0.3 is 0 Å². The molecule has 2 heterocycles. The molecule has 8 nitrogen and oxygen atoms in total. The van der Waals surface area contributed by atoms with Gasteiger partial charge in [-0.3, -0.25) is 14.5 Å². The van der Waals surface area contributed by atoms with Crippen LogP contribution in [0.25, 0.3) is 5.69 Å². The second-order valence-corrected chi connectivity index (χ2v) is 7.43. The van der Waals surface area contributed by atoms with Gasteiger partial charge in [0.25, 0.3) is 5.91 Å². The van der Waals surface area contributed by atoms with E-state index in [9.17, 15) is 9.59 Å². The summed E-state index contributed by atoms with van der Waals surface area (Å²) < 4.78 is 7.10. The number of ether oxygens (including phenoxy) is 1. The molecule has 1 aromatic heterocycles. The molecule has 9 heteroatoms. The second kappa shape index (κ2) is 8.16. The number of benzene rings is 2. The van der Waals surface area contributed by atoms with Gasteiger partial charge in [-0.25, -0.2) is 9.67 Å². The number of aromatic nitrogens is 3. The van der Waals surface area contributed by atoms with E-state index >= 15 is 0 Å². The lowest BCUT2D eigenvalue weighted by atomic mass is 10.1. The molecule has 1 aliphatic rings. The lowest BCUT2D eigenvalue weighted by molar-refractivity contribution is -0.132. The number of anilines is 1. The quantitative estimate of drug-likeness (QED) is 0.628. The van der Waals surface area contributed by atoms with Crippen LogP contribution in [-0.4, -0.2) is 51.7 Å². The smallest absolute Gasteiger partial charge is 0.265 e. The highest BCUT2D eigenvalue weighted by Crippen LogP contribution is 2.34. The Kier molecular flexibility index (Phi) is 5.41. The summed E-state index contributed by atoms with van der Waals surface area (Å²) in [5, 5.41) is 4.58. The third-order valence-corrected chi connectivity index (χ3v) is 5.43. The molecule has 0 N–H and O–H groups in total. The van der Waals surface area contributed by atoms with Crippen molar-refractivity contribution < 1.29 is 14.3 Å². The van der Waals surface area contributed by atoms with Gasteiger partial charge in [-0.05, 0) is 42.8 Å². The third-order valence-electron chi connectivity index (χ3n) is 5.19. The number of amides is 2. The van der Waals surface area contributed by atoms with Gasteiger partial charge in [-0.2, -0.15) is 5.10 Å². The molecule has 0 spiro atoms. The lowest BCUT2D eigenvalue weighted by Crippen LogP contribution is -2.46. The molecule has 4 rings (SSSR count). The van der Waals surface area contributed by atoms with Crippen LogP contribution in [0.4, 0.5) is 5.69 Å². The predicted molar refractivity (Wildman–Crippen MR) is 112 cm³/mol. The zero-order chi connectivity index (χ0) is 21.3. The topological polar surface area (TPSA) is 80.6 Å². The third kappa shape index (κ3) is 3.86. The highest BCUT2D eigenvalue weighted by molar-refractivity contribution is 6.31. The first-order valence-corrected chi connectivity index (χ1v) is 9.75. The van der Waals surface area contributed by atoms with Crippen LogP contribution in [0, 0.1) is 0 Å². The van der Waals surface area contributed by atoms with Gasteiger partial charge in [-0.1, -0.05) is 23.7 Å².